The maximum atomic E-state index is 13.0. The number of benzene rings is 2. The minimum absolute atomic E-state index is 0.112. The van der Waals surface area contributed by atoms with Crippen LogP contribution in [0.15, 0.2) is 48.7 Å². The van der Waals surface area contributed by atoms with Gasteiger partial charge in [0.15, 0.2) is 0 Å². The van der Waals surface area contributed by atoms with Crippen molar-refractivity contribution in [2.24, 2.45) is 0 Å². The predicted molar refractivity (Wildman–Crippen MR) is 130 cm³/mol. The molecule has 1 fully saturated rings. The van der Waals surface area contributed by atoms with Crippen LogP contribution in [0.4, 0.5) is 11.4 Å². The maximum Gasteiger partial charge on any atom is 0.255 e. The third-order valence-corrected chi connectivity index (χ3v) is 7.11. The van der Waals surface area contributed by atoms with E-state index in [1.807, 2.05) is 49.4 Å². The number of aliphatic hydroxyl groups excluding tert-OH is 1. The fourth-order valence-corrected chi connectivity index (χ4v) is 4.83. The fraction of sp³-hybridized carbons (Fsp3) is 0.360. The Balaban J connectivity index is 1.78. The number of rotatable bonds is 10. The molecule has 1 heterocycles. The topological polar surface area (TPSA) is 91.3 Å². The summed E-state index contributed by atoms with van der Waals surface area (Å²) in [7, 11) is -0.890. The highest BCUT2D eigenvalue weighted by molar-refractivity contribution is 7.84. The van der Waals surface area contributed by atoms with Gasteiger partial charge in [0.05, 0.1) is 23.4 Å². The molecule has 1 aliphatic carbocycles. The van der Waals surface area contributed by atoms with Crippen LogP contribution in [0.25, 0.3) is 10.9 Å². The van der Waals surface area contributed by atoms with E-state index in [1.165, 1.54) is 0 Å². The van der Waals surface area contributed by atoms with Gasteiger partial charge in [0.25, 0.3) is 5.91 Å². The number of anilines is 2. The first-order chi connectivity index (χ1) is 15.6. The summed E-state index contributed by atoms with van der Waals surface area (Å²) in [6, 6.07) is 13.8. The van der Waals surface area contributed by atoms with Gasteiger partial charge in [0, 0.05) is 45.6 Å². The second-order valence-corrected chi connectivity index (χ2v) is 9.88. The first-order valence-electron chi connectivity index (χ1n) is 11.1. The predicted octanol–water partition coefficient (Wildman–Crippen LogP) is 4.06. The Morgan fingerprint density at radius 3 is 2.62 bits per heavy atom. The van der Waals surface area contributed by atoms with Crippen LogP contribution in [0.5, 0.6) is 0 Å². The monoisotopic (exact) mass is 451 g/mol. The van der Waals surface area contributed by atoms with E-state index in [2.05, 4.69) is 15.6 Å². The molecule has 1 aromatic heterocycles. The summed E-state index contributed by atoms with van der Waals surface area (Å²) in [5, 5.41) is 17.2. The van der Waals surface area contributed by atoms with E-state index in [9.17, 15) is 14.1 Å². The molecule has 168 valence electrons. The van der Waals surface area contributed by atoms with E-state index in [0.29, 0.717) is 34.7 Å². The Morgan fingerprint density at radius 1 is 1.16 bits per heavy atom. The molecular formula is C25H29N3O3S. The third kappa shape index (κ3) is 5.34. The normalized spacial score (nSPS) is 14.3. The average Bonchev–Trinajstić information content (AvgIpc) is 3.62. The van der Waals surface area contributed by atoms with Crippen molar-refractivity contribution in [2.75, 3.05) is 16.8 Å². The number of fused-ring (bicyclic) bond motifs is 1. The second-order valence-electron chi connectivity index (χ2n) is 8.18. The number of aromatic nitrogens is 1. The SMILES string of the molecule is CCCS(=O)CCc1cc2c(Nc3ccccc3)c(C(=O)NC3CC3)cnc2cc1CO. The average molecular weight is 452 g/mol. The molecule has 4 rings (SSSR count). The van der Waals surface area contributed by atoms with Crippen LogP contribution in [0, 0.1) is 0 Å². The number of hydrogen-bond acceptors (Lipinski definition) is 5. The molecule has 0 radical (unpaired) electrons. The highest BCUT2D eigenvalue weighted by Gasteiger charge is 2.26. The highest BCUT2D eigenvalue weighted by atomic mass is 32.2. The van der Waals surface area contributed by atoms with Crippen LogP contribution < -0.4 is 10.6 Å². The summed E-state index contributed by atoms with van der Waals surface area (Å²) in [6.07, 6.45) is 5.09. The van der Waals surface area contributed by atoms with Crippen molar-refractivity contribution >= 4 is 39.0 Å². The molecule has 1 aliphatic rings. The number of nitrogens with one attached hydrogen (secondary N) is 2. The van der Waals surface area contributed by atoms with Crippen LogP contribution in [0.3, 0.4) is 0 Å². The molecule has 3 N–H and O–H groups in total. The molecule has 1 saturated carbocycles. The lowest BCUT2D eigenvalue weighted by Crippen LogP contribution is -2.26. The number of carbonyl (C=O) groups is 1. The minimum atomic E-state index is -0.890. The zero-order valence-electron chi connectivity index (χ0n) is 18.3. The van der Waals surface area contributed by atoms with Gasteiger partial charge >= 0.3 is 0 Å². The van der Waals surface area contributed by atoms with Gasteiger partial charge in [0.1, 0.15) is 0 Å². The van der Waals surface area contributed by atoms with Crippen molar-refractivity contribution in [1.82, 2.24) is 10.3 Å². The van der Waals surface area contributed by atoms with Crippen molar-refractivity contribution in [1.29, 1.82) is 0 Å². The fourth-order valence-electron chi connectivity index (χ4n) is 3.72. The van der Waals surface area contributed by atoms with E-state index in [1.54, 1.807) is 6.20 Å². The van der Waals surface area contributed by atoms with Gasteiger partial charge in [-0.05, 0) is 61.1 Å². The van der Waals surface area contributed by atoms with Crippen LogP contribution >= 0.6 is 0 Å². The third-order valence-electron chi connectivity index (χ3n) is 5.59. The lowest BCUT2D eigenvalue weighted by Gasteiger charge is -2.17. The molecule has 0 spiro atoms. The second kappa shape index (κ2) is 10.2. The van der Waals surface area contributed by atoms with E-state index in [-0.39, 0.29) is 18.6 Å². The van der Waals surface area contributed by atoms with Crippen molar-refractivity contribution < 1.29 is 14.1 Å². The summed E-state index contributed by atoms with van der Waals surface area (Å²) < 4.78 is 12.2. The molecule has 0 aliphatic heterocycles. The standard InChI is InChI=1S/C25H29N3O3S/c1-2-11-32(31)12-10-17-13-21-23(14-18(17)16-29)26-15-22(25(30)28-20-8-9-20)24(21)27-19-6-4-3-5-7-19/h3-7,13-15,20,29H,2,8-12,16H2,1H3,(H,26,27)(H,28,30). The Morgan fingerprint density at radius 2 is 1.94 bits per heavy atom. The molecule has 1 atom stereocenters. The van der Waals surface area contributed by atoms with E-state index >= 15 is 0 Å². The number of amides is 1. The Kier molecular flexibility index (Phi) is 7.17. The zero-order chi connectivity index (χ0) is 22.5. The van der Waals surface area contributed by atoms with Gasteiger partial charge in [-0.3, -0.25) is 14.0 Å². The smallest absolute Gasteiger partial charge is 0.255 e. The Labute approximate surface area is 190 Å². The van der Waals surface area contributed by atoms with E-state index in [4.69, 9.17) is 0 Å². The number of nitrogens with zero attached hydrogens (tertiary/aromatic N) is 1. The molecule has 0 saturated heterocycles. The molecule has 1 amide bonds. The summed E-state index contributed by atoms with van der Waals surface area (Å²) in [5.41, 5.74) is 4.47. The van der Waals surface area contributed by atoms with Crippen molar-refractivity contribution in [3.8, 4) is 0 Å². The van der Waals surface area contributed by atoms with Crippen molar-refractivity contribution in [2.45, 2.75) is 45.3 Å². The number of pyridine rings is 1. The lowest BCUT2D eigenvalue weighted by molar-refractivity contribution is 0.0951. The van der Waals surface area contributed by atoms with Gasteiger partial charge in [0.2, 0.25) is 0 Å². The van der Waals surface area contributed by atoms with Crippen LogP contribution in [0.2, 0.25) is 0 Å². The number of para-hydroxylation sites is 1. The molecule has 1 unspecified atom stereocenters. The van der Waals surface area contributed by atoms with Gasteiger partial charge in [-0.25, -0.2) is 0 Å². The number of aliphatic hydroxyl groups is 1. The Hall–Kier alpha value is -2.77. The zero-order valence-corrected chi connectivity index (χ0v) is 19.1. The van der Waals surface area contributed by atoms with Crippen LogP contribution in [-0.4, -0.2) is 37.8 Å². The van der Waals surface area contributed by atoms with Gasteiger partial charge in [-0.15, -0.1) is 0 Å². The molecule has 6 nitrogen and oxygen atoms in total. The van der Waals surface area contributed by atoms with Crippen LogP contribution in [-0.2, 0) is 23.8 Å². The van der Waals surface area contributed by atoms with Crippen LogP contribution in [0.1, 0.15) is 47.7 Å². The van der Waals surface area contributed by atoms with Gasteiger partial charge < -0.3 is 15.7 Å². The number of hydrogen-bond donors (Lipinski definition) is 3. The summed E-state index contributed by atoms with van der Waals surface area (Å²) in [6.45, 7) is 1.91. The maximum absolute atomic E-state index is 13.0. The first kappa shape index (κ1) is 22.4. The summed E-state index contributed by atoms with van der Waals surface area (Å²) in [5.74, 6) is 1.08. The van der Waals surface area contributed by atoms with Gasteiger partial charge in [-0.2, -0.15) is 0 Å². The molecule has 2 aromatic carbocycles. The molecular weight excluding hydrogens is 422 g/mol. The van der Waals surface area contributed by atoms with E-state index in [0.717, 1.165) is 41.5 Å². The first-order valence-corrected chi connectivity index (χ1v) is 12.6. The quantitative estimate of drug-likeness (QED) is 0.432. The Bertz CT molecular complexity index is 1130. The van der Waals surface area contributed by atoms with E-state index < -0.39 is 10.8 Å². The van der Waals surface area contributed by atoms with Crippen molar-refractivity contribution in [3.63, 3.8) is 0 Å². The molecule has 7 heteroatoms. The lowest BCUT2D eigenvalue weighted by atomic mass is 9.99. The number of aryl methyl sites for hydroxylation is 1. The number of carbonyl (C=O) groups excluding carboxylic acids is 1. The highest BCUT2D eigenvalue weighted by Crippen LogP contribution is 2.32. The van der Waals surface area contributed by atoms with Gasteiger partial charge in [-0.1, -0.05) is 25.1 Å². The molecule has 0 bridgehead atoms. The summed E-state index contributed by atoms with van der Waals surface area (Å²) in [4.78, 5) is 17.5. The minimum Gasteiger partial charge on any atom is -0.392 e. The summed E-state index contributed by atoms with van der Waals surface area (Å²) >= 11 is 0. The molecule has 32 heavy (non-hydrogen) atoms. The largest absolute Gasteiger partial charge is 0.392 e. The van der Waals surface area contributed by atoms with Crippen molar-refractivity contribution in [3.05, 3.63) is 65.4 Å². The molecule has 3 aromatic rings.